The lowest BCUT2D eigenvalue weighted by Crippen LogP contribution is -2.50. The fraction of sp³-hybridized carbons (Fsp3) is 0.423. The zero-order valence-corrected chi connectivity index (χ0v) is 19.8. The summed E-state index contributed by atoms with van der Waals surface area (Å²) < 4.78 is 7.47. The van der Waals surface area contributed by atoms with Crippen LogP contribution in [0.2, 0.25) is 0 Å². The highest BCUT2D eigenvalue weighted by Crippen LogP contribution is 2.41. The Morgan fingerprint density at radius 2 is 1.79 bits per heavy atom. The molecule has 0 N–H and O–H groups in total. The second kappa shape index (κ2) is 9.65. The maximum absolute atomic E-state index is 13.8. The lowest BCUT2D eigenvalue weighted by molar-refractivity contribution is -0.153. The molecule has 1 aliphatic rings. The molecule has 0 bridgehead atoms. The van der Waals surface area contributed by atoms with E-state index in [0.717, 1.165) is 41.5 Å². The van der Waals surface area contributed by atoms with Crippen LogP contribution in [0, 0.1) is 5.92 Å². The summed E-state index contributed by atoms with van der Waals surface area (Å²) in [7, 11) is 3.96. The van der Waals surface area contributed by atoms with Gasteiger partial charge >= 0.3 is 5.97 Å². The number of fused-ring (bicyclic) bond motifs is 3. The minimum absolute atomic E-state index is 0.224. The third kappa shape index (κ3) is 4.19. The highest BCUT2D eigenvalue weighted by molar-refractivity contribution is 6.08. The first kappa shape index (κ1) is 22.8. The molecule has 1 aliphatic heterocycles. The summed E-state index contributed by atoms with van der Waals surface area (Å²) in [6.07, 6.45) is 2.90. The summed E-state index contributed by atoms with van der Waals surface area (Å²) in [5.41, 5.74) is 3.63. The Morgan fingerprint density at radius 3 is 2.45 bits per heavy atom. The fourth-order valence-corrected chi connectivity index (χ4v) is 4.55. The van der Waals surface area contributed by atoms with Crippen molar-refractivity contribution in [1.82, 2.24) is 9.55 Å². The molecule has 4 rings (SSSR count). The fourth-order valence-electron chi connectivity index (χ4n) is 4.55. The lowest BCUT2D eigenvalue weighted by atomic mass is 9.89. The molecule has 2 aromatic carbocycles. The summed E-state index contributed by atoms with van der Waals surface area (Å²) in [4.78, 5) is 35.5. The number of aromatic nitrogens is 2. The average Bonchev–Trinajstić information content (AvgIpc) is 3.19. The molecule has 0 saturated heterocycles. The molecular weight excluding hydrogens is 416 g/mol. The second-order valence-corrected chi connectivity index (χ2v) is 8.63. The summed E-state index contributed by atoms with van der Waals surface area (Å²) >= 11 is 0. The van der Waals surface area contributed by atoms with E-state index in [-0.39, 0.29) is 12.5 Å². The number of anilines is 2. The summed E-state index contributed by atoms with van der Waals surface area (Å²) in [5.74, 6) is -1.11. The summed E-state index contributed by atoms with van der Waals surface area (Å²) in [6.45, 7) is 4.64. The van der Waals surface area contributed by atoms with Gasteiger partial charge in [-0.15, -0.1) is 0 Å². The number of ether oxygens (including phenoxy) is 1. The first-order chi connectivity index (χ1) is 16.0. The number of carbonyl (C=O) groups excluding carboxylic acids is 2. The first-order valence-electron chi connectivity index (χ1n) is 11.7. The van der Waals surface area contributed by atoms with Gasteiger partial charge in [0.2, 0.25) is 11.9 Å². The van der Waals surface area contributed by atoms with E-state index >= 15 is 0 Å². The zero-order valence-electron chi connectivity index (χ0n) is 19.8. The number of unbranched alkanes of at least 4 members (excludes halogenated alkanes) is 2. The van der Waals surface area contributed by atoms with Crippen molar-refractivity contribution in [3.8, 4) is 0 Å². The van der Waals surface area contributed by atoms with Gasteiger partial charge in [-0.05, 0) is 43.2 Å². The minimum Gasteiger partial charge on any atom is -0.465 e. The SMILES string of the molecule is CCCCCN1C(=O)[C@@H](C(=O)OCC)[C@@H](c2ccc(N(C)C)cc2)n2c1nc1ccccc12. The van der Waals surface area contributed by atoms with E-state index < -0.39 is 17.9 Å². The van der Waals surface area contributed by atoms with Crippen LogP contribution in [-0.2, 0) is 14.3 Å². The molecule has 7 nitrogen and oxygen atoms in total. The second-order valence-electron chi connectivity index (χ2n) is 8.63. The maximum atomic E-state index is 13.8. The van der Waals surface area contributed by atoms with Crippen LogP contribution in [0.25, 0.3) is 11.0 Å². The number of esters is 1. The Morgan fingerprint density at radius 1 is 1.06 bits per heavy atom. The topological polar surface area (TPSA) is 67.7 Å². The monoisotopic (exact) mass is 448 g/mol. The molecule has 1 aromatic heterocycles. The number of amides is 1. The Kier molecular flexibility index (Phi) is 6.67. The van der Waals surface area contributed by atoms with Crippen molar-refractivity contribution < 1.29 is 14.3 Å². The first-order valence-corrected chi connectivity index (χ1v) is 11.7. The van der Waals surface area contributed by atoms with Crippen molar-refractivity contribution in [3.05, 3.63) is 54.1 Å². The van der Waals surface area contributed by atoms with Crippen LogP contribution < -0.4 is 9.80 Å². The molecule has 33 heavy (non-hydrogen) atoms. The van der Waals surface area contributed by atoms with Gasteiger partial charge in [-0.2, -0.15) is 0 Å². The van der Waals surface area contributed by atoms with E-state index in [4.69, 9.17) is 9.72 Å². The van der Waals surface area contributed by atoms with E-state index in [1.807, 2.05) is 67.5 Å². The molecule has 0 aliphatic carbocycles. The number of nitrogens with zero attached hydrogens (tertiary/aromatic N) is 4. The molecule has 174 valence electrons. The number of hydrogen-bond donors (Lipinski definition) is 0. The number of rotatable bonds is 8. The summed E-state index contributed by atoms with van der Waals surface area (Å²) in [6, 6.07) is 15.3. The quantitative estimate of drug-likeness (QED) is 0.290. The Balaban J connectivity index is 1.91. The van der Waals surface area contributed by atoms with Gasteiger partial charge in [-0.25, -0.2) is 4.98 Å². The zero-order chi connectivity index (χ0) is 23.5. The molecule has 0 fully saturated rings. The van der Waals surface area contributed by atoms with Crippen LogP contribution in [-0.4, -0.2) is 48.7 Å². The third-order valence-corrected chi connectivity index (χ3v) is 6.22. The number of benzene rings is 2. The summed E-state index contributed by atoms with van der Waals surface area (Å²) in [5, 5.41) is 0. The molecule has 0 spiro atoms. The largest absolute Gasteiger partial charge is 0.465 e. The van der Waals surface area contributed by atoms with Crippen molar-refractivity contribution in [2.45, 2.75) is 39.2 Å². The maximum Gasteiger partial charge on any atom is 0.321 e. The molecule has 7 heteroatoms. The highest BCUT2D eigenvalue weighted by atomic mass is 16.5. The standard InChI is InChI=1S/C26H32N4O3/c1-5-7-10-17-29-24(31)22(25(32)33-6-2)23(18-13-15-19(16-14-18)28(3)4)30-21-12-9-8-11-20(21)27-26(29)30/h8-9,11-16,22-23H,5-7,10,17H2,1-4H3/t22-,23+/m0/s1. The Bertz CT molecular complexity index is 1140. The molecular formula is C26H32N4O3. The number of hydrogen-bond acceptors (Lipinski definition) is 5. The van der Waals surface area contributed by atoms with Crippen LogP contribution >= 0.6 is 0 Å². The van der Waals surface area contributed by atoms with Crippen LogP contribution in [0.4, 0.5) is 11.6 Å². The minimum atomic E-state index is -0.970. The van der Waals surface area contributed by atoms with Gasteiger partial charge < -0.3 is 14.2 Å². The predicted molar refractivity (Wildman–Crippen MR) is 131 cm³/mol. The van der Waals surface area contributed by atoms with Crippen molar-refractivity contribution in [2.75, 3.05) is 37.0 Å². The van der Waals surface area contributed by atoms with E-state index in [9.17, 15) is 9.59 Å². The van der Waals surface area contributed by atoms with Gasteiger partial charge in [-0.1, -0.05) is 44.0 Å². The van der Waals surface area contributed by atoms with Crippen LogP contribution in [0.5, 0.6) is 0 Å². The predicted octanol–water partition coefficient (Wildman–Crippen LogP) is 4.41. The smallest absolute Gasteiger partial charge is 0.321 e. The van der Waals surface area contributed by atoms with Gasteiger partial charge in [0.15, 0.2) is 5.92 Å². The molecule has 0 unspecified atom stereocenters. The molecule has 3 aromatic rings. The van der Waals surface area contributed by atoms with Crippen molar-refractivity contribution in [3.63, 3.8) is 0 Å². The van der Waals surface area contributed by atoms with E-state index in [2.05, 4.69) is 11.5 Å². The van der Waals surface area contributed by atoms with Gasteiger partial charge in [-0.3, -0.25) is 14.5 Å². The highest BCUT2D eigenvalue weighted by Gasteiger charge is 2.47. The number of carbonyl (C=O) groups is 2. The van der Waals surface area contributed by atoms with Crippen LogP contribution in [0.3, 0.4) is 0 Å². The van der Waals surface area contributed by atoms with E-state index in [1.165, 1.54) is 0 Å². The Labute approximate surface area is 195 Å². The third-order valence-electron chi connectivity index (χ3n) is 6.22. The number of para-hydroxylation sites is 2. The van der Waals surface area contributed by atoms with E-state index in [0.29, 0.717) is 12.5 Å². The molecule has 0 radical (unpaired) electrons. The van der Waals surface area contributed by atoms with Gasteiger partial charge in [0, 0.05) is 26.3 Å². The van der Waals surface area contributed by atoms with Gasteiger partial charge in [0.25, 0.3) is 0 Å². The molecule has 2 heterocycles. The van der Waals surface area contributed by atoms with Gasteiger partial charge in [0.05, 0.1) is 23.7 Å². The number of imidazole rings is 1. The molecule has 2 atom stereocenters. The average molecular weight is 449 g/mol. The van der Waals surface area contributed by atoms with Crippen molar-refractivity contribution >= 4 is 34.5 Å². The Hall–Kier alpha value is -3.35. The lowest BCUT2D eigenvalue weighted by Gasteiger charge is -2.38. The normalized spacial score (nSPS) is 17.8. The molecule has 1 amide bonds. The van der Waals surface area contributed by atoms with Crippen LogP contribution in [0.15, 0.2) is 48.5 Å². The molecule has 0 saturated carbocycles. The van der Waals surface area contributed by atoms with E-state index in [1.54, 1.807) is 11.8 Å². The van der Waals surface area contributed by atoms with Crippen LogP contribution in [0.1, 0.15) is 44.7 Å². The van der Waals surface area contributed by atoms with Gasteiger partial charge in [0.1, 0.15) is 0 Å². The van der Waals surface area contributed by atoms with Crippen molar-refractivity contribution in [2.24, 2.45) is 5.92 Å². The van der Waals surface area contributed by atoms with Crippen molar-refractivity contribution in [1.29, 1.82) is 0 Å².